The Morgan fingerprint density at radius 3 is 2.52 bits per heavy atom. The van der Waals surface area contributed by atoms with Gasteiger partial charge in [-0.1, -0.05) is 12.5 Å². The molecule has 1 saturated heterocycles. The van der Waals surface area contributed by atoms with Crippen LogP contribution in [0.4, 0.5) is 5.69 Å². The van der Waals surface area contributed by atoms with Gasteiger partial charge >= 0.3 is 5.97 Å². The Labute approximate surface area is 121 Å². The van der Waals surface area contributed by atoms with Crippen LogP contribution in [0.1, 0.15) is 19.3 Å². The van der Waals surface area contributed by atoms with E-state index < -0.39 is 12.6 Å². The minimum Gasteiger partial charge on any atom is -0.482 e. The molecule has 0 aromatic heterocycles. The molecule has 0 bridgehead atoms. The van der Waals surface area contributed by atoms with E-state index in [0.29, 0.717) is 11.4 Å². The first kappa shape index (κ1) is 13.6. The second-order valence-electron chi connectivity index (χ2n) is 5.34. The summed E-state index contributed by atoms with van der Waals surface area (Å²) in [7, 11) is 0. The maximum absolute atomic E-state index is 12.3. The Balaban J connectivity index is 1.83. The highest BCUT2D eigenvalue weighted by atomic mass is 16.5. The lowest BCUT2D eigenvalue weighted by Crippen LogP contribution is -2.31. The summed E-state index contributed by atoms with van der Waals surface area (Å²) in [4.78, 5) is 36.4. The van der Waals surface area contributed by atoms with Gasteiger partial charge in [0.15, 0.2) is 6.61 Å². The van der Waals surface area contributed by atoms with E-state index in [0.717, 1.165) is 19.3 Å². The predicted molar refractivity (Wildman–Crippen MR) is 72.9 cm³/mol. The molecule has 1 aromatic rings. The van der Waals surface area contributed by atoms with Gasteiger partial charge in [-0.25, -0.2) is 9.69 Å². The van der Waals surface area contributed by atoms with E-state index in [4.69, 9.17) is 9.84 Å². The van der Waals surface area contributed by atoms with Gasteiger partial charge in [0, 0.05) is 6.07 Å². The number of benzene rings is 1. The summed E-state index contributed by atoms with van der Waals surface area (Å²) in [6.45, 7) is -0.462. The van der Waals surface area contributed by atoms with Gasteiger partial charge in [0.2, 0.25) is 11.8 Å². The molecule has 2 aliphatic rings. The summed E-state index contributed by atoms with van der Waals surface area (Å²) in [5.41, 5.74) is 0.447. The normalized spacial score (nSPS) is 24.3. The lowest BCUT2D eigenvalue weighted by atomic mass is 10.00. The number of anilines is 1. The second-order valence-corrected chi connectivity index (χ2v) is 5.34. The van der Waals surface area contributed by atoms with Crippen LogP contribution in [0.2, 0.25) is 0 Å². The zero-order valence-electron chi connectivity index (χ0n) is 11.3. The molecule has 1 aliphatic carbocycles. The van der Waals surface area contributed by atoms with E-state index in [1.165, 1.54) is 11.0 Å². The standard InChI is InChI=1S/C15H15NO5/c17-13(18)8-21-10-4-1-3-9(7-10)16-14(19)11-5-2-6-12(11)15(16)20/h1,3-4,7,11-12H,2,5-6,8H2,(H,17,18). The molecule has 2 amide bonds. The number of hydrogen-bond acceptors (Lipinski definition) is 4. The number of carboxylic acid groups (broad SMARTS) is 1. The monoisotopic (exact) mass is 289 g/mol. The maximum Gasteiger partial charge on any atom is 0.341 e. The quantitative estimate of drug-likeness (QED) is 0.848. The zero-order valence-corrected chi connectivity index (χ0v) is 11.3. The summed E-state index contributed by atoms with van der Waals surface area (Å²) < 4.78 is 5.08. The van der Waals surface area contributed by atoms with Crippen molar-refractivity contribution >= 4 is 23.5 Å². The Morgan fingerprint density at radius 1 is 1.24 bits per heavy atom. The summed E-state index contributed by atoms with van der Waals surface area (Å²) in [6, 6.07) is 6.42. The molecule has 1 aliphatic heterocycles. The van der Waals surface area contributed by atoms with Gasteiger partial charge in [-0.05, 0) is 25.0 Å². The fraction of sp³-hybridized carbons (Fsp3) is 0.400. The lowest BCUT2D eigenvalue weighted by molar-refractivity contribution is -0.139. The third kappa shape index (κ3) is 2.37. The second kappa shape index (κ2) is 5.20. The van der Waals surface area contributed by atoms with Crippen molar-refractivity contribution in [2.45, 2.75) is 19.3 Å². The highest BCUT2D eigenvalue weighted by Gasteiger charge is 2.50. The molecule has 1 heterocycles. The smallest absolute Gasteiger partial charge is 0.341 e. The number of rotatable bonds is 4. The number of hydrogen-bond donors (Lipinski definition) is 1. The Kier molecular flexibility index (Phi) is 3.37. The average Bonchev–Trinajstić information content (AvgIpc) is 3.02. The summed E-state index contributed by atoms with van der Waals surface area (Å²) in [5.74, 6) is -1.45. The van der Waals surface area contributed by atoms with Crippen LogP contribution in [0.5, 0.6) is 5.75 Å². The van der Waals surface area contributed by atoms with Gasteiger partial charge in [-0.2, -0.15) is 0 Å². The number of nitrogens with zero attached hydrogens (tertiary/aromatic N) is 1. The molecular weight excluding hydrogens is 274 g/mol. The third-order valence-corrected chi connectivity index (χ3v) is 4.03. The largest absolute Gasteiger partial charge is 0.482 e. The van der Waals surface area contributed by atoms with Gasteiger partial charge in [-0.15, -0.1) is 0 Å². The summed E-state index contributed by atoms with van der Waals surface area (Å²) >= 11 is 0. The number of imide groups is 1. The van der Waals surface area contributed by atoms with Crippen LogP contribution in [0, 0.1) is 11.8 Å². The number of aliphatic carboxylic acids is 1. The van der Waals surface area contributed by atoms with Crippen LogP contribution < -0.4 is 9.64 Å². The van der Waals surface area contributed by atoms with E-state index in [9.17, 15) is 14.4 Å². The number of carboxylic acids is 1. The molecule has 21 heavy (non-hydrogen) atoms. The van der Waals surface area contributed by atoms with Gasteiger partial charge in [0.1, 0.15) is 5.75 Å². The summed E-state index contributed by atoms with van der Waals surface area (Å²) in [5, 5.41) is 8.61. The molecule has 6 heteroatoms. The molecule has 0 radical (unpaired) electrons. The number of carbonyl (C=O) groups excluding carboxylic acids is 2. The van der Waals surface area contributed by atoms with Crippen molar-refractivity contribution in [1.82, 2.24) is 0 Å². The number of amides is 2. The highest BCUT2D eigenvalue weighted by molar-refractivity contribution is 6.22. The van der Waals surface area contributed by atoms with Crippen LogP contribution in [0.25, 0.3) is 0 Å². The van der Waals surface area contributed by atoms with E-state index in [2.05, 4.69) is 0 Å². The van der Waals surface area contributed by atoms with Crippen molar-refractivity contribution in [2.24, 2.45) is 11.8 Å². The Bertz CT molecular complexity index is 590. The molecule has 2 atom stereocenters. The van der Waals surface area contributed by atoms with Gasteiger partial charge < -0.3 is 9.84 Å². The van der Waals surface area contributed by atoms with Gasteiger partial charge in [0.05, 0.1) is 17.5 Å². The zero-order chi connectivity index (χ0) is 15.0. The van der Waals surface area contributed by atoms with Crippen LogP contribution >= 0.6 is 0 Å². The van der Waals surface area contributed by atoms with Crippen molar-refractivity contribution in [3.8, 4) is 5.75 Å². The SMILES string of the molecule is O=C(O)COc1cccc(N2C(=O)C3CCCC3C2=O)c1. The van der Waals surface area contributed by atoms with Crippen molar-refractivity contribution in [3.63, 3.8) is 0 Å². The Morgan fingerprint density at radius 2 is 1.90 bits per heavy atom. The van der Waals surface area contributed by atoms with Gasteiger partial charge in [-0.3, -0.25) is 9.59 Å². The molecule has 2 unspecified atom stereocenters. The third-order valence-electron chi connectivity index (χ3n) is 4.03. The highest BCUT2D eigenvalue weighted by Crippen LogP contribution is 2.41. The van der Waals surface area contributed by atoms with Crippen molar-refractivity contribution in [1.29, 1.82) is 0 Å². The van der Waals surface area contributed by atoms with E-state index in [1.54, 1.807) is 18.2 Å². The average molecular weight is 289 g/mol. The molecule has 1 saturated carbocycles. The number of carbonyl (C=O) groups is 3. The molecule has 110 valence electrons. The predicted octanol–water partition coefficient (Wildman–Crippen LogP) is 1.44. The first-order valence-corrected chi connectivity index (χ1v) is 6.90. The fourth-order valence-corrected chi connectivity index (χ4v) is 3.10. The molecule has 1 N–H and O–H groups in total. The fourth-order valence-electron chi connectivity index (χ4n) is 3.10. The first-order chi connectivity index (χ1) is 10.1. The number of fused-ring (bicyclic) bond motifs is 1. The molecule has 2 fully saturated rings. The van der Waals surface area contributed by atoms with Crippen LogP contribution in [-0.2, 0) is 14.4 Å². The van der Waals surface area contributed by atoms with Crippen LogP contribution in [-0.4, -0.2) is 29.5 Å². The lowest BCUT2D eigenvalue weighted by Gasteiger charge is -2.16. The Hall–Kier alpha value is -2.37. The van der Waals surface area contributed by atoms with Crippen molar-refractivity contribution < 1.29 is 24.2 Å². The first-order valence-electron chi connectivity index (χ1n) is 6.90. The van der Waals surface area contributed by atoms with Crippen LogP contribution in [0.3, 0.4) is 0 Å². The molecule has 6 nitrogen and oxygen atoms in total. The van der Waals surface area contributed by atoms with E-state index >= 15 is 0 Å². The van der Waals surface area contributed by atoms with Crippen molar-refractivity contribution in [2.75, 3.05) is 11.5 Å². The minimum absolute atomic E-state index is 0.155. The van der Waals surface area contributed by atoms with E-state index in [-0.39, 0.29) is 23.7 Å². The van der Waals surface area contributed by atoms with Crippen LogP contribution in [0.15, 0.2) is 24.3 Å². The maximum atomic E-state index is 12.3. The molecule has 1 aromatic carbocycles. The number of ether oxygens (including phenoxy) is 1. The van der Waals surface area contributed by atoms with Crippen molar-refractivity contribution in [3.05, 3.63) is 24.3 Å². The topological polar surface area (TPSA) is 83.9 Å². The minimum atomic E-state index is -1.08. The van der Waals surface area contributed by atoms with Gasteiger partial charge in [0.25, 0.3) is 0 Å². The molecular formula is C15H15NO5. The van der Waals surface area contributed by atoms with E-state index in [1.807, 2.05) is 0 Å². The summed E-state index contributed by atoms with van der Waals surface area (Å²) in [6.07, 6.45) is 2.45. The molecule has 3 rings (SSSR count). The molecule has 0 spiro atoms.